The van der Waals surface area contributed by atoms with Gasteiger partial charge in [-0.2, -0.15) is 5.10 Å². The summed E-state index contributed by atoms with van der Waals surface area (Å²) in [5.41, 5.74) is 7.72. The number of para-hydroxylation sites is 3. The molecule has 5 aromatic rings. The highest BCUT2D eigenvalue weighted by atomic mass is 16.3. The summed E-state index contributed by atoms with van der Waals surface area (Å²) in [4.78, 5) is 12.5. The smallest absolute Gasteiger partial charge is 0.179 e. The Bertz CT molecular complexity index is 1790. The van der Waals surface area contributed by atoms with Crippen molar-refractivity contribution >= 4 is 34.6 Å². The summed E-state index contributed by atoms with van der Waals surface area (Å²) in [5.74, 6) is 2.30. The molecular formula is C33H28N6O. The second-order valence-corrected chi connectivity index (χ2v) is 10.00. The lowest BCUT2D eigenvalue weighted by Gasteiger charge is -2.40. The highest BCUT2D eigenvalue weighted by Gasteiger charge is 2.41. The molecule has 3 heterocycles. The lowest BCUT2D eigenvalue weighted by molar-refractivity contribution is 0.474. The third-order valence-electron chi connectivity index (χ3n) is 7.45. The zero-order valence-corrected chi connectivity index (χ0v) is 22.3. The summed E-state index contributed by atoms with van der Waals surface area (Å²) in [5, 5.41) is 19.0. The molecule has 196 valence electrons. The van der Waals surface area contributed by atoms with Crippen molar-refractivity contribution in [1.29, 1.82) is 0 Å². The molecule has 1 aromatic heterocycles. The van der Waals surface area contributed by atoms with Crippen molar-refractivity contribution in [3.8, 4) is 11.4 Å². The van der Waals surface area contributed by atoms with Gasteiger partial charge in [-0.15, -0.1) is 0 Å². The largest absolute Gasteiger partial charge is 0.508 e. The van der Waals surface area contributed by atoms with Crippen LogP contribution in [0, 0.1) is 6.92 Å². The second-order valence-electron chi connectivity index (χ2n) is 10.00. The van der Waals surface area contributed by atoms with Gasteiger partial charge in [0.1, 0.15) is 5.75 Å². The first kappa shape index (κ1) is 23.9. The number of nitrogens with one attached hydrogen (secondary N) is 1. The van der Waals surface area contributed by atoms with Gasteiger partial charge in [0.15, 0.2) is 17.5 Å². The number of nitrogens with zero attached hydrogens (tertiary/aromatic N) is 5. The van der Waals surface area contributed by atoms with E-state index in [-0.39, 0.29) is 11.8 Å². The summed E-state index contributed by atoms with van der Waals surface area (Å²) >= 11 is 0. The van der Waals surface area contributed by atoms with Crippen LogP contribution in [0.15, 0.2) is 113 Å². The quantitative estimate of drug-likeness (QED) is 0.260. The second kappa shape index (κ2) is 9.54. The van der Waals surface area contributed by atoms with E-state index in [1.165, 1.54) is 5.56 Å². The molecule has 0 fully saturated rings. The molecule has 2 aliphatic heterocycles. The number of aliphatic imine (C=N–C) groups is 2. The average Bonchev–Trinajstić information content (AvgIpc) is 3.33. The number of hydrogen-bond acceptors (Lipinski definition) is 6. The van der Waals surface area contributed by atoms with Gasteiger partial charge >= 0.3 is 0 Å². The summed E-state index contributed by atoms with van der Waals surface area (Å²) in [7, 11) is 0. The molecule has 2 N–H and O–H groups in total. The molecule has 40 heavy (non-hydrogen) atoms. The number of hydrogen-bond donors (Lipinski definition) is 2. The molecule has 0 spiro atoms. The van der Waals surface area contributed by atoms with Crippen LogP contribution < -0.4 is 10.2 Å². The van der Waals surface area contributed by atoms with Crippen LogP contribution in [-0.4, -0.2) is 26.6 Å². The van der Waals surface area contributed by atoms with Crippen LogP contribution in [0.1, 0.15) is 35.3 Å². The highest BCUT2D eigenvalue weighted by Crippen LogP contribution is 2.48. The molecule has 0 bridgehead atoms. The normalized spacial score (nSPS) is 15.4. The Morgan fingerprint density at radius 2 is 1.62 bits per heavy atom. The summed E-state index contributed by atoms with van der Waals surface area (Å²) in [6.07, 6.45) is 0.978. The minimum absolute atomic E-state index is 0.213. The van der Waals surface area contributed by atoms with Crippen molar-refractivity contribution in [3.63, 3.8) is 0 Å². The molecule has 4 aromatic carbocycles. The van der Waals surface area contributed by atoms with E-state index in [1.807, 2.05) is 78.3 Å². The fourth-order valence-corrected chi connectivity index (χ4v) is 5.52. The van der Waals surface area contributed by atoms with Crippen LogP contribution in [0.25, 0.3) is 5.69 Å². The molecule has 0 aliphatic carbocycles. The number of aromatic hydroxyl groups is 1. The maximum atomic E-state index is 10.5. The van der Waals surface area contributed by atoms with Crippen LogP contribution in [-0.2, 0) is 6.42 Å². The van der Waals surface area contributed by atoms with E-state index < -0.39 is 0 Å². The maximum Gasteiger partial charge on any atom is 0.179 e. The number of aryl methyl sites for hydroxylation is 2. The van der Waals surface area contributed by atoms with Crippen LogP contribution in [0.4, 0.5) is 22.9 Å². The van der Waals surface area contributed by atoms with Crippen molar-refractivity contribution in [1.82, 2.24) is 9.78 Å². The number of rotatable bonds is 4. The van der Waals surface area contributed by atoms with Crippen molar-refractivity contribution in [3.05, 3.63) is 126 Å². The summed E-state index contributed by atoms with van der Waals surface area (Å²) < 4.78 is 1.90. The van der Waals surface area contributed by atoms with Gasteiger partial charge in [-0.05, 0) is 73.0 Å². The van der Waals surface area contributed by atoms with Crippen LogP contribution in [0.5, 0.6) is 5.75 Å². The maximum absolute atomic E-state index is 10.5. The van der Waals surface area contributed by atoms with E-state index in [2.05, 4.69) is 47.5 Å². The standard InChI is InChI=1S/C33H28N6O/c1-3-22-16-18-24(19-17-22)34-31-33-36-32-29(21(2)37-39(32)25-11-5-4-6-12-25)30(23-10-9-13-26(40)20-23)38(33)28-15-8-7-14-27(28)35-31/h4-20,30,40H,3H2,1-2H3,(H,34,35)/t30-/m1/s1. The van der Waals surface area contributed by atoms with E-state index in [9.17, 15) is 5.11 Å². The topological polar surface area (TPSA) is 78.0 Å². The van der Waals surface area contributed by atoms with E-state index in [0.717, 1.165) is 51.8 Å². The van der Waals surface area contributed by atoms with Crippen LogP contribution in [0.2, 0.25) is 0 Å². The molecule has 0 radical (unpaired) electrons. The first-order chi connectivity index (χ1) is 19.6. The van der Waals surface area contributed by atoms with E-state index in [0.29, 0.717) is 11.7 Å². The van der Waals surface area contributed by atoms with Gasteiger partial charge in [0.25, 0.3) is 0 Å². The monoisotopic (exact) mass is 524 g/mol. The number of phenolic OH excluding ortho intramolecular Hbond substituents is 1. The number of amidine groups is 2. The number of aromatic nitrogens is 2. The Morgan fingerprint density at radius 1 is 0.850 bits per heavy atom. The van der Waals surface area contributed by atoms with Crippen molar-refractivity contribution in [2.75, 3.05) is 10.2 Å². The first-order valence-electron chi connectivity index (χ1n) is 13.5. The van der Waals surface area contributed by atoms with E-state index >= 15 is 0 Å². The third kappa shape index (κ3) is 3.94. The lowest BCUT2D eigenvalue weighted by atomic mass is 9.93. The number of fused-ring (bicyclic) bond motifs is 4. The predicted molar refractivity (Wildman–Crippen MR) is 161 cm³/mol. The Morgan fingerprint density at radius 3 is 2.40 bits per heavy atom. The SMILES string of the molecule is CCc1ccc(NC2=Nc3ccccc3N3C2=Nc2c(c(C)nn2-c2ccccc2)[C@H]3c2cccc(O)c2)cc1. The zero-order valence-electron chi connectivity index (χ0n) is 22.3. The van der Waals surface area contributed by atoms with Gasteiger partial charge < -0.3 is 15.3 Å². The van der Waals surface area contributed by atoms with Crippen LogP contribution in [0.3, 0.4) is 0 Å². The molecule has 7 heteroatoms. The molecule has 0 unspecified atom stereocenters. The fraction of sp³-hybridized carbons (Fsp3) is 0.121. The highest BCUT2D eigenvalue weighted by molar-refractivity contribution is 6.51. The molecule has 0 saturated heterocycles. The fourth-order valence-electron chi connectivity index (χ4n) is 5.52. The Kier molecular flexibility index (Phi) is 5.70. The van der Waals surface area contributed by atoms with Gasteiger partial charge in [-0.3, -0.25) is 0 Å². The van der Waals surface area contributed by atoms with Crippen molar-refractivity contribution in [2.24, 2.45) is 9.98 Å². The molecule has 2 aliphatic rings. The Balaban J connectivity index is 1.48. The lowest BCUT2D eigenvalue weighted by Crippen LogP contribution is -2.46. The minimum atomic E-state index is -0.289. The number of anilines is 2. The van der Waals surface area contributed by atoms with E-state index in [4.69, 9.17) is 15.1 Å². The average molecular weight is 525 g/mol. The Labute approximate surface area is 232 Å². The molecule has 0 amide bonds. The van der Waals surface area contributed by atoms with Gasteiger partial charge in [0.05, 0.1) is 28.8 Å². The molecule has 1 atom stereocenters. The molecule has 7 rings (SSSR count). The van der Waals surface area contributed by atoms with E-state index in [1.54, 1.807) is 6.07 Å². The third-order valence-corrected chi connectivity index (χ3v) is 7.45. The first-order valence-corrected chi connectivity index (χ1v) is 13.5. The Hall–Kier alpha value is -5.17. The summed E-state index contributed by atoms with van der Waals surface area (Å²) in [6.45, 7) is 4.17. The molecule has 0 saturated carbocycles. The van der Waals surface area contributed by atoms with Crippen LogP contribution >= 0.6 is 0 Å². The van der Waals surface area contributed by atoms with Gasteiger partial charge in [0.2, 0.25) is 0 Å². The zero-order chi connectivity index (χ0) is 27.2. The van der Waals surface area contributed by atoms with Crippen molar-refractivity contribution in [2.45, 2.75) is 26.3 Å². The predicted octanol–water partition coefficient (Wildman–Crippen LogP) is 7.24. The number of phenols is 1. The van der Waals surface area contributed by atoms with Crippen molar-refractivity contribution < 1.29 is 5.11 Å². The van der Waals surface area contributed by atoms with Gasteiger partial charge in [-0.25, -0.2) is 14.7 Å². The number of benzene rings is 4. The molecular weight excluding hydrogens is 496 g/mol. The summed E-state index contributed by atoms with van der Waals surface area (Å²) in [6, 6.07) is 33.7. The molecule has 7 nitrogen and oxygen atoms in total. The van der Waals surface area contributed by atoms with Gasteiger partial charge in [0, 0.05) is 11.3 Å². The minimum Gasteiger partial charge on any atom is -0.508 e. The van der Waals surface area contributed by atoms with Gasteiger partial charge in [-0.1, -0.05) is 61.5 Å².